The van der Waals surface area contributed by atoms with E-state index in [0.29, 0.717) is 25.4 Å². The molecule has 1 fully saturated rings. The standard InChI is InChI=1S/C9H18O4/c1-8(2)3-10-6-12-7-11-4-9-5-13-9/h8-9H,3-7H2,1-2H3. The first-order valence-electron chi connectivity index (χ1n) is 4.64. The summed E-state index contributed by atoms with van der Waals surface area (Å²) >= 11 is 0. The van der Waals surface area contributed by atoms with Gasteiger partial charge in [0.2, 0.25) is 0 Å². The average Bonchev–Trinajstić information content (AvgIpc) is 2.86. The van der Waals surface area contributed by atoms with Crippen LogP contribution >= 0.6 is 0 Å². The first kappa shape index (κ1) is 10.9. The van der Waals surface area contributed by atoms with Crippen LogP contribution in [0.5, 0.6) is 0 Å². The first-order valence-corrected chi connectivity index (χ1v) is 4.64. The van der Waals surface area contributed by atoms with Crippen LogP contribution in [0.2, 0.25) is 0 Å². The molecule has 0 aromatic heterocycles. The highest BCUT2D eigenvalue weighted by atomic mass is 16.7. The quantitative estimate of drug-likeness (QED) is 0.325. The summed E-state index contributed by atoms with van der Waals surface area (Å²) in [5.41, 5.74) is 0. The van der Waals surface area contributed by atoms with Gasteiger partial charge in [0.15, 0.2) is 0 Å². The third-order valence-corrected chi connectivity index (χ3v) is 1.49. The fourth-order valence-corrected chi connectivity index (χ4v) is 0.780. The Morgan fingerprint density at radius 1 is 1.23 bits per heavy atom. The molecule has 0 radical (unpaired) electrons. The molecule has 78 valence electrons. The van der Waals surface area contributed by atoms with Crippen LogP contribution in [0.15, 0.2) is 0 Å². The third-order valence-electron chi connectivity index (χ3n) is 1.49. The Kier molecular flexibility index (Phi) is 5.31. The van der Waals surface area contributed by atoms with Crippen molar-refractivity contribution in [2.45, 2.75) is 20.0 Å². The minimum Gasteiger partial charge on any atom is -0.371 e. The van der Waals surface area contributed by atoms with Gasteiger partial charge in [0.1, 0.15) is 19.7 Å². The fraction of sp³-hybridized carbons (Fsp3) is 1.00. The number of hydrogen-bond acceptors (Lipinski definition) is 4. The molecule has 4 heteroatoms. The smallest absolute Gasteiger partial charge is 0.149 e. The molecule has 1 atom stereocenters. The lowest BCUT2D eigenvalue weighted by atomic mass is 10.2. The van der Waals surface area contributed by atoms with Crippen LogP contribution in [0.3, 0.4) is 0 Å². The number of rotatable bonds is 8. The van der Waals surface area contributed by atoms with E-state index in [1.807, 2.05) is 0 Å². The number of epoxide rings is 1. The molecule has 0 bridgehead atoms. The van der Waals surface area contributed by atoms with Crippen molar-refractivity contribution in [3.8, 4) is 0 Å². The zero-order valence-electron chi connectivity index (χ0n) is 8.32. The molecular weight excluding hydrogens is 172 g/mol. The topological polar surface area (TPSA) is 40.2 Å². The number of hydrogen-bond donors (Lipinski definition) is 0. The van der Waals surface area contributed by atoms with Gasteiger partial charge in [-0.2, -0.15) is 0 Å². The second kappa shape index (κ2) is 6.32. The van der Waals surface area contributed by atoms with Crippen LogP contribution in [0, 0.1) is 5.92 Å². The molecule has 13 heavy (non-hydrogen) atoms. The molecule has 0 saturated carbocycles. The highest BCUT2D eigenvalue weighted by molar-refractivity contribution is 4.66. The minimum atomic E-state index is 0.290. The van der Waals surface area contributed by atoms with E-state index in [-0.39, 0.29) is 6.79 Å². The molecular formula is C9H18O4. The van der Waals surface area contributed by atoms with E-state index in [1.165, 1.54) is 0 Å². The molecule has 4 nitrogen and oxygen atoms in total. The van der Waals surface area contributed by atoms with Crippen molar-refractivity contribution in [1.29, 1.82) is 0 Å². The minimum absolute atomic E-state index is 0.290. The largest absolute Gasteiger partial charge is 0.371 e. The van der Waals surface area contributed by atoms with Gasteiger partial charge in [0.05, 0.1) is 19.8 Å². The Hall–Kier alpha value is -0.160. The highest BCUT2D eigenvalue weighted by Gasteiger charge is 2.21. The summed E-state index contributed by atoms with van der Waals surface area (Å²) in [5, 5.41) is 0. The van der Waals surface area contributed by atoms with Gasteiger partial charge in [-0.3, -0.25) is 0 Å². The lowest BCUT2D eigenvalue weighted by molar-refractivity contribution is -0.135. The molecule has 0 spiro atoms. The Balaban J connectivity index is 1.68. The Labute approximate surface area is 79.1 Å². The van der Waals surface area contributed by atoms with Gasteiger partial charge in [0.25, 0.3) is 0 Å². The Morgan fingerprint density at radius 2 is 1.92 bits per heavy atom. The van der Waals surface area contributed by atoms with E-state index in [4.69, 9.17) is 18.9 Å². The van der Waals surface area contributed by atoms with E-state index >= 15 is 0 Å². The second-order valence-corrected chi connectivity index (χ2v) is 3.53. The van der Waals surface area contributed by atoms with Crippen molar-refractivity contribution < 1.29 is 18.9 Å². The summed E-state index contributed by atoms with van der Waals surface area (Å²) in [6, 6.07) is 0. The van der Waals surface area contributed by atoms with Crippen molar-refractivity contribution >= 4 is 0 Å². The van der Waals surface area contributed by atoms with Gasteiger partial charge in [0, 0.05) is 0 Å². The summed E-state index contributed by atoms with van der Waals surface area (Å²) in [6.07, 6.45) is 0.306. The maximum absolute atomic E-state index is 5.18. The third kappa shape index (κ3) is 6.95. The molecule has 0 aliphatic carbocycles. The zero-order valence-corrected chi connectivity index (χ0v) is 8.32. The van der Waals surface area contributed by atoms with E-state index < -0.39 is 0 Å². The monoisotopic (exact) mass is 190 g/mol. The van der Waals surface area contributed by atoms with E-state index in [1.54, 1.807) is 0 Å². The first-order chi connectivity index (χ1) is 6.29. The zero-order chi connectivity index (χ0) is 9.52. The van der Waals surface area contributed by atoms with Crippen LogP contribution < -0.4 is 0 Å². The highest BCUT2D eigenvalue weighted by Crippen LogP contribution is 2.08. The summed E-state index contributed by atoms with van der Waals surface area (Å²) in [6.45, 7) is 6.98. The SMILES string of the molecule is CC(C)COCOCOCC1CO1. The summed E-state index contributed by atoms with van der Waals surface area (Å²) in [7, 11) is 0. The van der Waals surface area contributed by atoms with Crippen molar-refractivity contribution in [1.82, 2.24) is 0 Å². The normalized spacial score (nSPS) is 21.0. The maximum Gasteiger partial charge on any atom is 0.149 e. The number of ether oxygens (including phenoxy) is 4. The fourth-order valence-electron chi connectivity index (χ4n) is 0.780. The van der Waals surface area contributed by atoms with E-state index in [2.05, 4.69) is 13.8 Å². The van der Waals surface area contributed by atoms with Gasteiger partial charge in [-0.25, -0.2) is 0 Å². The van der Waals surface area contributed by atoms with Gasteiger partial charge in [-0.05, 0) is 5.92 Å². The molecule has 1 unspecified atom stereocenters. The summed E-state index contributed by atoms with van der Waals surface area (Å²) in [4.78, 5) is 0. The van der Waals surface area contributed by atoms with Crippen LogP contribution in [-0.4, -0.2) is 39.5 Å². The van der Waals surface area contributed by atoms with Crippen LogP contribution in [0.1, 0.15) is 13.8 Å². The van der Waals surface area contributed by atoms with Crippen molar-refractivity contribution in [3.63, 3.8) is 0 Å². The summed E-state index contributed by atoms with van der Waals surface area (Å²) < 4.78 is 20.3. The molecule has 1 saturated heterocycles. The molecule has 1 rings (SSSR count). The van der Waals surface area contributed by atoms with Crippen LogP contribution in [0.25, 0.3) is 0 Å². The van der Waals surface area contributed by atoms with Gasteiger partial charge >= 0.3 is 0 Å². The molecule has 0 amide bonds. The summed E-state index contributed by atoms with van der Waals surface area (Å²) in [5.74, 6) is 0.546. The lowest BCUT2D eigenvalue weighted by Crippen LogP contribution is -2.10. The van der Waals surface area contributed by atoms with E-state index in [0.717, 1.165) is 13.2 Å². The predicted molar refractivity (Wildman–Crippen MR) is 47.3 cm³/mol. The van der Waals surface area contributed by atoms with Crippen molar-refractivity contribution in [2.75, 3.05) is 33.4 Å². The molecule has 1 aliphatic heterocycles. The Bertz CT molecular complexity index is 117. The molecule has 0 aromatic carbocycles. The molecule has 1 heterocycles. The predicted octanol–water partition coefficient (Wildman–Crippen LogP) is 1.01. The molecule has 0 N–H and O–H groups in total. The maximum atomic E-state index is 5.18. The second-order valence-electron chi connectivity index (χ2n) is 3.53. The molecule has 0 aromatic rings. The van der Waals surface area contributed by atoms with Crippen molar-refractivity contribution in [2.24, 2.45) is 5.92 Å². The lowest BCUT2D eigenvalue weighted by Gasteiger charge is -2.07. The van der Waals surface area contributed by atoms with Gasteiger partial charge < -0.3 is 18.9 Å². The Morgan fingerprint density at radius 3 is 2.54 bits per heavy atom. The van der Waals surface area contributed by atoms with Crippen LogP contribution in [-0.2, 0) is 18.9 Å². The average molecular weight is 190 g/mol. The van der Waals surface area contributed by atoms with E-state index in [9.17, 15) is 0 Å². The van der Waals surface area contributed by atoms with Crippen molar-refractivity contribution in [3.05, 3.63) is 0 Å². The van der Waals surface area contributed by atoms with Gasteiger partial charge in [-0.1, -0.05) is 13.8 Å². The molecule has 1 aliphatic rings. The van der Waals surface area contributed by atoms with Crippen LogP contribution in [0.4, 0.5) is 0 Å². The van der Waals surface area contributed by atoms with Gasteiger partial charge in [-0.15, -0.1) is 0 Å².